The van der Waals surface area contributed by atoms with E-state index in [4.69, 9.17) is 4.98 Å². The van der Waals surface area contributed by atoms with E-state index in [2.05, 4.69) is 39.8 Å². The zero-order valence-electron chi connectivity index (χ0n) is 12.7. The highest BCUT2D eigenvalue weighted by molar-refractivity contribution is 8.00. The first-order valence-corrected chi connectivity index (χ1v) is 9.23. The second kappa shape index (κ2) is 6.29. The van der Waals surface area contributed by atoms with Gasteiger partial charge in [-0.05, 0) is 18.9 Å². The molecule has 4 heteroatoms. The fourth-order valence-electron chi connectivity index (χ4n) is 3.62. The van der Waals surface area contributed by atoms with Gasteiger partial charge in [0.15, 0.2) is 5.82 Å². The normalized spacial score (nSPS) is 24.8. The van der Waals surface area contributed by atoms with Crippen LogP contribution in [0.4, 0.5) is 5.82 Å². The molecule has 1 aromatic carbocycles. The highest BCUT2D eigenvalue weighted by atomic mass is 32.2. The quantitative estimate of drug-likeness (QED) is 0.838. The van der Waals surface area contributed by atoms with E-state index in [1.807, 2.05) is 24.4 Å². The van der Waals surface area contributed by atoms with Crippen molar-refractivity contribution in [3.63, 3.8) is 0 Å². The molecule has 2 fully saturated rings. The molecule has 2 aliphatic rings. The van der Waals surface area contributed by atoms with Crippen LogP contribution in [0.15, 0.2) is 42.6 Å². The summed E-state index contributed by atoms with van der Waals surface area (Å²) < 4.78 is 0. The predicted molar refractivity (Wildman–Crippen MR) is 93.3 cm³/mol. The lowest BCUT2D eigenvalue weighted by molar-refractivity contribution is 0.420. The van der Waals surface area contributed by atoms with Crippen LogP contribution in [0.2, 0.25) is 0 Å². The number of hydrogen-bond acceptors (Lipinski definition) is 4. The van der Waals surface area contributed by atoms with E-state index in [9.17, 15) is 0 Å². The van der Waals surface area contributed by atoms with Gasteiger partial charge in [0.05, 0.1) is 0 Å². The smallest absolute Gasteiger partial charge is 0.161 e. The van der Waals surface area contributed by atoms with Gasteiger partial charge in [0.2, 0.25) is 0 Å². The zero-order chi connectivity index (χ0) is 14.8. The maximum absolute atomic E-state index is 4.86. The zero-order valence-corrected chi connectivity index (χ0v) is 13.5. The molecule has 114 valence electrons. The van der Waals surface area contributed by atoms with Crippen molar-refractivity contribution in [3.8, 4) is 11.4 Å². The minimum absolute atomic E-state index is 0.658. The van der Waals surface area contributed by atoms with Gasteiger partial charge in [-0.1, -0.05) is 43.2 Å². The first-order chi connectivity index (χ1) is 10.9. The highest BCUT2D eigenvalue weighted by Crippen LogP contribution is 2.37. The van der Waals surface area contributed by atoms with E-state index < -0.39 is 0 Å². The van der Waals surface area contributed by atoms with Crippen LogP contribution in [0, 0.1) is 0 Å². The van der Waals surface area contributed by atoms with E-state index in [0.29, 0.717) is 6.04 Å². The largest absolute Gasteiger partial charge is 0.352 e. The minimum atomic E-state index is 0.658. The summed E-state index contributed by atoms with van der Waals surface area (Å²) in [6, 6.07) is 13.0. The lowest BCUT2D eigenvalue weighted by Crippen LogP contribution is -2.49. The molecule has 2 aromatic rings. The van der Waals surface area contributed by atoms with Gasteiger partial charge in [0.25, 0.3) is 0 Å². The summed E-state index contributed by atoms with van der Waals surface area (Å²) in [4.78, 5) is 11.9. The van der Waals surface area contributed by atoms with Crippen LogP contribution >= 0.6 is 11.8 Å². The molecule has 2 atom stereocenters. The highest BCUT2D eigenvalue weighted by Gasteiger charge is 2.34. The first kappa shape index (κ1) is 14.1. The van der Waals surface area contributed by atoms with E-state index in [0.717, 1.165) is 29.0 Å². The van der Waals surface area contributed by atoms with Gasteiger partial charge in [0, 0.05) is 35.3 Å². The Kier molecular flexibility index (Phi) is 4.02. The molecule has 0 N–H and O–H groups in total. The van der Waals surface area contributed by atoms with Crippen LogP contribution in [0.1, 0.15) is 25.7 Å². The molecule has 0 radical (unpaired) electrons. The van der Waals surface area contributed by atoms with Gasteiger partial charge in [0.1, 0.15) is 5.82 Å². The standard InChI is InChI=1S/C18H21N3S/c1-2-6-14(7-3-1)18-19-11-10-17(20-18)21-12-13-22-16-9-5-4-8-15(16)21/h1-3,6-7,10-11,15-16H,4-5,8-9,12-13H2/t15-,16-/m1/s1. The van der Waals surface area contributed by atoms with Crippen LogP contribution in [-0.4, -0.2) is 33.6 Å². The third-order valence-corrected chi connectivity index (χ3v) is 6.10. The van der Waals surface area contributed by atoms with Crippen LogP contribution < -0.4 is 4.90 Å². The first-order valence-electron chi connectivity index (χ1n) is 8.18. The number of fused-ring (bicyclic) bond motifs is 1. The maximum Gasteiger partial charge on any atom is 0.161 e. The fraction of sp³-hybridized carbons (Fsp3) is 0.444. The van der Waals surface area contributed by atoms with Crippen LogP contribution in [-0.2, 0) is 0 Å². The molecule has 1 aliphatic carbocycles. The average Bonchev–Trinajstić information content (AvgIpc) is 2.62. The number of anilines is 1. The Morgan fingerprint density at radius 3 is 2.82 bits per heavy atom. The Morgan fingerprint density at radius 2 is 1.91 bits per heavy atom. The van der Waals surface area contributed by atoms with Crippen molar-refractivity contribution >= 4 is 17.6 Å². The van der Waals surface area contributed by atoms with E-state index in [-0.39, 0.29) is 0 Å². The summed E-state index contributed by atoms with van der Waals surface area (Å²) in [6.45, 7) is 1.11. The van der Waals surface area contributed by atoms with E-state index in [1.165, 1.54) is 31.4 Å². The van der Waals surface area contributed by atoms with Gasteiger partial charge in [-0.25, -0.2) is 9.97 Å². The predicted octanol–water partition coefficient (Wildman–Crippen LogP) is 4.01. The average molecular weight is 311 g/mol. The number of benzene rings is 1. The number of rotatable bonds is 2. The maximum atomic E-state index is 4.86. The Balaban J connectivity index is 1.64. The van der Waals surface area contributed by atoms with E-state index >= 15 is 0 Å². The molecule has 1 saturated carbocycles. The number of thioether (sulfide) groups is 1. The topological polar surface area (TPSA) is 29.0 Å². The second-order valence-electron chi connectivity index (χ2n) is 6.06. The molecule has 0 bridgehead atoms. The van der Waals surface area contributed by atoms with Crippen LogP contribution in [0.25, 0.3) is 11.4 Å². The third-order valence-electron chi connectivity index (χ3n) is 4.70. The van der Waals surface area contributed by atoms with Gasteiger partial charge in [-0.15, -0.1) is 0 Å². The molecule has 2 heterocycles. The number of nitrogens with zero attached hydrogens (tertiary/aromatic N) is 3. The molecule has 0 spiro atoms. The van der Waals surface area contributed by atoms with Gasteiger partial charge in [-0.2, -0.15) is 11.8 Å². The Bertz CT molecular complexity index is 629. The molecule has 1 aliphatic heterocycles. The Labute approximate surface area is 136 Å². The molecule has 3 nitrogen and oxygen atoms in total. The number of aromatic nitrogens is 2. The Morgan fingerprint density at radius 1 is 1.05 bits per heavy atom. The SMILES string of the molecule is c1ccc(-c2nccc(N3CCS[C@@H]4CCCC[C@H]43)n2)cc1. The molecular weight excluding hydrogens is 290 g/mol. The molecule has 0 amide bonds. The lowest BCUT2D eigenvalue weighted by atomic mass is 9.93. The summed E-state index contributed by atoms with van der Waals surface area (Å²) in [5, 5.41) is 0.789. The minimum Gasteiger partial charge on any atom is -0.352 e. The summed E-state index contributed by atoms with van der Waals surface area (Å²) in [7, 11) is 0. The van der Waals surface area contributed by atoms with Gasteiger partial charge < -0.3 is 4.90 Å². The molecule has 22 heavy (non-hydrogen) atoms. The molecule has 4 rings (SSSR count). The Hall–Kier alpha value is -1.55. The second-order valence-corrected chi connectivity index (χ2v) is 7.41. The molecule has 0 unspecified atom stereocenters. The van der Waals surface area contributed by atoms with Crippen molar-refractivity contribution in [1.29, 1.82) is 0 Å². The molecular formula is C18H21N3S. The van der Waals surface area contributed by atoms with Crippen LogP contribution in [0.5, 0.6) is 0 Å². The van der Waals surface area contributed by atoms with Crippen molar-refractivity contribution in [2.45, 2.75) is 37.0 Å². The van der Waals surface area contributed by atoms with E-state index in [1.54, 1.807) is 0 Å². The third kappa shape index (κ3) is 2.72. The monoisotopic (exact) mass is 311 g/mol. The molecule has 1 saturated heterocycles. The van der Waals surface area contributed by atoms with Crippen molar-refractivity contribution in [2.75, 3.05) is 17.2 Å². The summed E-state index contributed by atoms with van der Waals surface area (Å²) >= 11 is 2.16. The fourth-order valence-corrected chi connectivity index (χ4v) is 5.06. The van der Waals surface area contributed by atoms with Crippen molar-refractivity contribution in [2.24, 2.45) is 0 Å². The van der Waals surface area contributed by atoms with Gasteiger partial charge >= 0.3 is 0 Å². The van der Waals surface area contributed by atoms with Gasteiger partial charge in [-0.3, -0.25) is 0 Å². The molecule has 1 aromatic heterocycles. The summed E-state index contributed by atoms with van der Waals surface area (Å²) in [5.74, 6) is 3.15. The van der Waals surface area contributed by atoms with Crippen molar-refractivity contribution in [3.05, 3.63) is 42.6 Å². The summed E-state index contributed by atoms with van der Waals surface area (Å²) in [5.41, 5.74) is 1.09. The van der Waals surface area contributed by atoms with Crippen molar-refractivity contribution in [1.82, 2.24) is 9.97 Å². The number of hydrogen-bond donors (Lipinski definition) is 0. The van der Waals surface area contributed by atoms with Crippen molar-refractivity contribution < 1.29 is 0 Å². The lowest BCUT2D eigenvalue weighted by Gasteiger charge is -2.44. The summed E-state index contributed by atoms with van der Waals surface area (Å²) in [6.07, 6.45) is 7.32. The van der Waals surface area contributed by atoms with Crippen LogP contribution in [0.3, 0.4) is 0 Å².